The van der Waals surface area contributed by atoms with E-state index in [2.05, 4.69) is 15.4 Å². The first-order chi connectivity index (χ1) is 12.4. The summed E-state index contributed by atoms with van der Waals surface area (Å²) in [5.41, 5.74) is 1.05. The van der Waals surface area contributed by atoms with Crippen molar-refractivity contribution in [3.63, 3.8) is 0 Å². The van der Waals surface area contributed by atoms with Crippen molar-refractivity contribution in [3.05, 3.63) is 64.4 Å². The third-order valence-corrected chi connectivity index (χ3v) is 4.48. The number of aromatic nitrogens is 3. The molecule has 0 aliphatic rings. The number of carbonyl (C=O) groups is 1. The maximum absolute atomic E-state index is 12.6. The second kappa shape index (κ2) is 7.28. The molecule has 3 aromatic rings. The predicted octanol–water partition coefficient (Wildman–Crippen LogP) is 4.22. The van der Waals surface area contributed by atoms with Gasteiger partial charge in [0.1, 0.15) is 0 Å². The molecular formula is C17H15F3N4OS. The number of anilines is 1. The highest BCUT2D eigenvalue weighted by atomic mass is 32.1. The van der Waals surface area contributed by atoms with Gasteiger partial charge in [0, 0.05) is 5.38 Å². The zero-order valence-electron chi connectivity index (χ0n) is 13.7. The van der Waals surface area contributed by atoms with Crippen molar-refractivity contribution in [3.8, 4) is 0 Å². The summed E-state index contributed by atoms with van der Waals surface area (Å²) in [6, 6.07) is 9.65. The van der Waals surface area contributed by atoms with Crippen molar-refractivity contribution in [1.82, 2.24) is 14.8 Å². The van der Waals surface area contributed by atoms with Crippen LogP contribution in [0.25, 0.3) is 0 Å². The fourth-order valence-electron chi connectivity index (χ4n) is 2.49. The quantitative estimate of drug-likeness (QED) is 0.721. The molecule has 3 rings (SSSR count). The van der Waals surface area contributed by atoms with Crippen LogP contribution in [0.15, 0.2) is 41.9 Å². The van der Waals surface area contributed by atoms with Gasteiger partial charge in [0.2, 0.25) is 0 Å². The van der Waals surface area contributed by atoms with E-state index in [0.717, 1.165) is 22.3 Å². The maximum Gasteiger partial charge on any atom is 0.434 e. The number of thiazole rings is 1. The smallest absolute Gasteiger partial charge is 0.298 e. The molecule has 2 heterocycles. The Labute approximate surface area is 151 Å². The summed E-state index contributed by atoms with van der Waals surface area (Å²) >= 11 is 0.732. The zero-order chi connectivity index (χ0) is 18.7. The first-order valence-electron chi connectivity index (χ1n) is 7.81. The molecule has 0 aliphatic carbocycles. The summed E-state index contributed by atoms with van der Waals surface area (Å²) in [5.74, 6) is -0.524. The summed E-state index contributed by atoms with van der Waals surface area (Å²) in [7, 11) is 0. The molecule has 9 heteroatoms. The second-order valence-electron chi connectivity index (χ2n) is 5.49. The lowest BCUT2D eigenvalue weighted by Gasteiger charge is -2.08. The largest absolute Gasteiger partial charge is 0.434 e. The van der Waals surface area contributed by atoms with E-state index in [1.807, 2.05) is 37.3 Å². The van der Waals surface area contributed by atoms with Gasteiger partial charge in [-0.15, -0.1) is 11.3 Å². The molecule has 2 aromatic heterocycles. The monoisotopic (exact) mass is 380 g/mol. The molecule has 1 amide bonds. The number of rotatable bonds is 5. The number of hydrogen-bond donors (Lipinski definition) is 1. The topological polar surface area (TPSA) is 59.8 Å². The molecule has 5 nitrogen and oxygen atoms in total. The lowest BCUT2D eigenvalue weighted by atomic mass is 10.2. The Morgan fingerprint density at radius 1 is 1.27 bits per heavy atom. The molecule has 136 valence electrons. The molecule has 1 N–H and O–H groups in total. The number of hydrogen-bond acceptors (Lipinski definition) is 4. The van der Waals surface area contributed by atoms with E-state index < -0.39 is 17.8 Å². The Kier molecular flexibility index (Phi) is 5.08. The fourth-order valence-corrected chi connectivity index (χ4v) is 3.20. The minimum absolute atomic E-state index is 0.0970. The van der Waals surface area contributed by atoms with Crippen molar-refractivity contribution in [2.24, 2.45) is 0 Å². The highest BCUT2D eigenvalue weighted by Gasteiger charge is 2.34. The average Bonchev–Trinajstić information content (AvgIpc) is 3.22. The number of amides is 1. The van der Waals surface area contributed by atoms with E-state index in [0.29, 0.717) is 24.2 Å². The molecule has 0 bridgehead atoms. The third-order valence-electron chi connectivity index (χ3n) is 3.72. The van der Waals surface area contributed by atoms with Gasteiger partial charge in [0.15, 0.2) is 10.8 Å². The Morgan fingerprint density at radius 3 is 2.62 bits per heavy atom. The molecule has 0 aliphatic heterocycles. The number of nitrogens with zero attached hydrogens (tertiary/aromatic N) is 3. The van der Waals surface area contributed by atoms with E-state index in [-0.39, 0.29) is 5.13 Å². The van der Waals surface area contributed by atoms with Crippen LogP contribution in [0.5, 0.6) is 0 Å². The number of alkyl halides is 3. The minimum atomic E-state index is -4.53. The van der Waals surface area contributed by atoms with Crippen molar-refractivity contribution in [1.29, 1.82) is 0 Å². The molecule has 0 atom stereocenters. The van der Waals surface area contributed by atoms with E-state index in [4.69, 9.17) is 0 Å². The molecule has 1 aromatic carbocycles. The SMILES string of the molecule is CCc1c(C(=O)Nc2nc(C(F)(F)F)cs2)cnn1Cc1ccccc1. The van der Waals surface area contributed by atoms with E-state index >= 15 is 0 Å². The number of nitrogens with one attached hydrogen (secondary N) is 1. The molecule has 0 saturated carbocycles. The first-order valence-corrected chi connectivity index (χ1v) is 8.69. The van der Waals surface area contributed by atoms with Gasteiger partial charge >= 0.3 is 6.18 Å². The van der Waals surface area contributed by atoms with Gasteiger partial charge in [-0.3, -0.25) is 14.8 Å². The van der Waals surface area contributed by atoms with E-state index in [1.54, 1.807) is 4.68 Å². The van der Waals surface area contributed by atoms with Crippen LogP contribution in [0, 0.1) is 0 Å². The fraction of sp³-hybridized carbons (Fsp3) is 0.235. The Hall–Kier alpha value is -2.68. The molecule has 26 heavy (non-hydrogen) atoms. The molecule has 0 unspecified atom stereocenters. The average molecular weight is 380 g/mol. The van der Waals surface area contributed by atoms with Crippen molar-refractivity contribution >= 4 is 22.4 Å². The van der Waals surface area contributed by atoms with Crippen LogP contribution in [0.1, 0.15) is 34.2 Å². The van der Waals surface area contributed by atoms with Gasteiger partial charge in [-0.1, -0.05) is 37.3 Å². The molecule has 0 radical (unpaired) electrons. The lowest BCUT2D eigenvalue weighted by molar-refractivity contribution is -0.140. The highest BCUT2D eigenvalue weighted by molar-refractivity contribution is 7.14. The number of halogens is 3. The van der Waals surface area contributed by atoms with Crippen LogP contribution in [0.4, 0.5) is 18.3 Å². The summed E-state index contributed by atoms with van der Waals surface area (Å²) in [6.07, 6.45) is -2.55. The summed E-state index contributed by atoms with van der Waals surface area (Å²) in [4.78, 5) is 15.9. The Bertz CT molecular complexity index is 902. The molecule has 0 saturated heterocycles. The van der Waals surface area contributed by atoms with Gasteiger partial charge in [-0.05, 0) is 12.0 Å². The molecule has 0 spiro atoms. The van der Waals surface area contributed by atoms with Gasteiger partial charge in [-0.25, -0.2) is 4.98 Å². The van der Waals surface area contributed by atoms with E-state index in [1.165, 1.54) is 6.20 Å². The standard InChI is InChI=1S/C17H15F3N4OS/c1-2-13-12(8-21-24(13)9-11-6-4-3-5-7-11)15(25)23-16-22-14(10-26-16)17(18,19)20/h3-8,10H,2,9H2,1H3,(H,22,23,25). The van der Waals surface area contributed by atoms with Crippen molar-refractivity contribution in [2.75, 3.05) is 5.32 Å². The zero-order valence-corrected chi connectivity index (χ0v) is 14.6. The van der Waals surface area contributed by atoms with Gasteiger partial charge < -0.3 is 0 Å². The first kappa shape index (κ1) is 18.1. The minimum Gasteiger partial charge on any atom is -0.298 e. The van der Waals surface area contributed by atoms with Crippen LogP contribution in [0.3, 0.4) is 0 Å². The molecule has 0 fully saturated rings. The lowest BCUT2D eigenvalue weighted by Crippen LogP contribution is -2.15. The van der Waals surface area contributed by atoms with Crippen LogP contribution in [-0.4, -0.2) is 20.7 Å². The number of benzene rings is 1. The van der Waals surface area contributed by atoms with Crippen LogP contribution >= 0.6 is 11.3 Å². The van der Waals surface area contributed by atoms with Crippen molar-refractivity contribution in [2.45, 2.75) is 26.1 Å². The van der Waals surface area contributed by atoms with Crippen LogP contribution in [-0.2, 0) is 19.1 Å². The Morgan fingerprint density at radius 2 is 2.00 bits per heavy atom. The number of carbonyl (C=O) groups excluding carboxylic acids is 1. The maximum atomic E-state index is 12.6. The van der Waals surface area contributed by atoms with E-state index in [9.17, 15) is 18.0 Å². The summed E-state index contributed by atoms with van der Waals surface area (Å²) in [6.45, 7) is 2.40. The van der Waals surface area contributed by atoms with Gasteiger partial charge in [-0.2, -0.15) is 18.3 Å². The van der Waals surface area contributed by atoms with Crippen LogP contribution < -0.4 is 5.32 Å². The summed E-state index contributed by atoms with van der Waals surface area (Å²) in [5, 5.41) is 7.44. The predicted molar refractivity (Wildman–Crippen MR) is 92.2 cm³/mol. The summed E-state index contributed by atoms with van der Waals surface area (Å²) < 4.78 is 39.5. The Balaban J connectivity index is 1.78. The third kappa shape index (κ3) is 3.93. The van der Waals surface area contributed by atoms with Crippen molar-refractivity contribution < 1.29 is 18.0 Å². The van der Waals surface area contributed by atoms with Crippen LogP contribution in [0.2, 0.25) is 0 Å². The van der Waals surface area contributed by atoms with Gasteiger partial charge in [0.25, 0.3) is 5.91 Å². The normalized spacial score (nSPS) is 11.5. The highest BCUT2D eigenvalue weighted by Crippen LogP contribution is 2.31. The van der Waals surface area contributed by atoms with Gasteiger partial charge in [0.05, 0.1) is 24.0 Å². The molecular weight excluding hydrogens is 365 g/mol. The second-order valence-corrected chi connectivity index (χ2v) is 6.35.